The molecule has 0 saturated carbocycles. The summed E-state index contributed by atoms with van der Waals surface area (Å²) in [6.07, 6.45) is 1.57. The van der Waals surface area contributed by atoms with E-state index in [2.05, 4.69) is 4.98 Å². The molecule has 0 aliphatic carbocycles. The topological polar surface area (TPSA) is 57.4 Å². The van der Waals surface area contributed by atoms with Gasteiger partial charge >= 0.3 is 0 Å². The van der Waals surface area contributed by atoms with Gasteiger partial charge < -0.3 is 15.2 Å². The summed E-state index contributed by atoms with van der Waals surface area (Å²) in [7, 11) is 1.49. The molecule has 5 heteroatoms. The van der Waals surface area contributed by atoms with E-state index in [0.29, 0.717) is 17.1 Å². The third-order valence-corrected chi connectivity index (χ3v) is 2.44. The maximum Gasteiger partial charge on any atom is 0.166 e. The molecule has 0 aliphatic rings. The predicted octanol–water partition coefficient (Wildman–Crippen LogP) is 2.39. The number of methoxy groups -OCH3 is 1. The maximum atomic E-state index is 13.6. The van der Waals surface area contributed by atoms with Gasteiger partial charge in [0.15, 0.2) is 11.6 Å². The first-order valence-corrected chi connectivity index (χ1v) is 5.36. The van der Waals surface area contributed by atoms with Crippen LogP contribution in [0, 0.1) is 5.82 Å². The lowest BCUT2D eigenvalue weighted by atomic mass is 10.2. The average molecular weight is 248 g/mol. The lowest BCUT2D eigenvalue weighted by Gasteiger charge is -2.09. The molecular formula is C13H13FN2O2. The molecule has 1 heterocycles. The Bertz CT molecular complexity index is 546. The van der Waals surface area contributed by atoms with Crippen LogP contribution in [-0.2, 0) is 6.61 Å². The molecule has 1 aromatic heterocycles. The monoisotopic (exact) mass is 248 g/mol. The van der Waals surface area contributed by atoms with E-state index in [9.17, 15) is 4.39 Å². The molecule has 0 amide bonds. The van der Waals surface area contributed by atoms with E-state index in [1.54, 1.807) is 30.5 Å². The second-order valence-electron chi connectivity index (χ2n) is 3.63. The van der Waals surface area contributed by atoms with Gasteiger partial charge in [0.25, 0.3) is 0 Å². The number of nitrogens with zero attached hydrogens (tertiary/aromatic N) is 1. The summed E-state index contributed by atoms with van der Waals surface area (Å²) in [5, 5.41) is 0. The molecule has 4 nitrogen and oxygen atoms in total. The molecule has 0 saturated heterocycles. The largest absolute Gasteiger partial charge is 0.497 e. The summed E-state index contributed by atoms with van der Waals surface area (Å²) >= 11 is 0. The Morgan fingerprint density at radius 1 is 1.33 bits per heavy atom. The number of anilines is 1. The molecule has 18 heavy (non-hydrogen) atoms. The van der Waals surface area contributed by atoms with Crippen LogP contribution in [0.4, 0.5) is 10.2 Å². The molecular weight excluding hydrogens is 235 g/mol. The van der Waals surface area contributed by atoms with Crippen molar-refractivity contribution in [3.05, 3.63) is 47.9 Å². The lowest BCUT2D eigenvalue weighted by Crippen LogP contribution is -2.02. The molecule has 0 atom stereocenters. The number of nitrogens with two attached hydrogens (primary N) is 1. The number of nitrogen functional groups attached to an aromatic ring is 1. The highest BCUT2D eigenvalue weighted by atomic mass is 19.1. The number of benzene rings is 1. The highest BCUT2D eigenvalue weighted by Crippen LogP contribution is 2.21. The number of pyridine rings is 1. The Kier molecular flexibility index (Phi) is 3.62. The lowest BCUT2D eigenvalue weighted by molar-refractivity contribution is 0.300. The first-order chi connectivity index (χ1) is 8.70. The van der Waals surface area contributed by atoms with Gasteiger partial charge in [0.1, 0.15) is 18.2 Å². The van der Waals surface area contributed by atoms with Crippen molar-refractivity contribution in [2.24, 2.45) is 0 Å². The maximum absolute atomic E-state index is 13.6. The van der Waals surface area contributed by atoms with Gasteiger partial charge in [0, 0.05) is 17.8 Å². The number of aromatic nitrogens is 1. The van der Waals surface area contributed by atoms with Crippen molar-refractivity contribution in [2.75, 3.05) is 12.8 Å². The van der Waals surface area contributed by atoms with E-state index >= 15 is 0 Å². The van der Waals surface area contributed by atoms with Crippen molar-refractivity contribution in [1.29, 1.82) is 0 Å². The smallest absolute Gasteiger partial charge is 0.166 e. The van der Waals surface area contributed by atoms with E-state index in [1.807, 2.05) is 0 Å². The van der Waals surface area contributed by atoms with Gasteiger partial charge in [-0.1, -0.05) is 0 Å². The summed E-state index contributed by atoms with van der Waals surface area (Å²) in [6, 6.07) is 7.99. The summed E-state index contributed by atoms with van der Waals surface area (Å²) in [5.41, 5.74) is 6.05. The molecule has 0 spiro atoms. The van der Waals surface area contributed by atoms with Gasteiger partial charge in [0.2, 0.25) is 0 Å². The van der Waals surface area contributed by atoms with E-state index < -0.39 is 0 Å². The quantitative estimate of drug-likeness (QED) is 0.902. The van der Waals surface area contributed by atoms with Crippen molar-refractivity contribution in [3.63, 3.8) is 0 Å². The Labute approximate surface area is 104 Å². The van der Waals surface area contributed by atoms with Crippen molar-refractivity contribution in [2.45, 2.75) is 6.61 Å². The molecule has 1 aromatic carbocycles. The molecule has 0 aliphatic heterocycles. The molecule has 0 fully saturated rings. The third-order valence-electron chi connectivity index (χ3n) is 2.44. The summed E-state index contributed by atoms with van der Waals surface area (Å²) in [4.78, 5) is 3.88. The molecule has 0 bridgehead atoms. The van der Waals surface area contributed by atoms with Crippen molar-refractivity contribution < 1.29 is 13.9 Å². The van der Waals surface area contributed by atoms with Crippen molar-refractivity contribution in [1.82, 2.24) is 4.98 Å². The Hall–Kier alpha value is -2.30. The molecule has 0 radical (unpaired) electrons. The Morgan fingerprint density at radius 3 is 2.83 bits per heavy atom. The summed E-state index contributed by atoms with van der Waals surface area (Å²) < 4.78 is 24.0. The number of hydrogen-bond acceptors (Lipinski definition) is 4. The van der Waals surface area contributed by atoms with Gasteiger partial charge in [-0.15, -0.1) is 0 Å². The van der Waals surface area contributed by atoms with Crippen LogP contribution in [0.5, 0.6) is 11.5 Å². The number of ether oxygens (including phenoxy) is 2. The van der Waals surface area contributed by atoms with Crippen molar-refractivity contribution >= 4 is 5.82 Å². The fraction of sp³-hybridized carbons (Fsp3) is 0.154. The van der Waals surface area contributed by atoms with Crippen LogP contribution in [0.1, 0.15) is 5.56 Å². The van der Waals surface area contributed by atoms with Crippen LogP contribution in [0.3, 0.4) is 0 Å². The molecule has 0 unspecified atom stereocenters. The van der Waals surface area contributed by atoms with Gasteiger partial charge in [-0.05, 0) is 24.3 Å². The standard InChI is InChI=1S/C13H13FN2O2/c1-17-10-5-4-9(11(14)7-10)8-18-12-3-2-6-16-13(12)15/h2-7H,8H2,1H3,(H2,15,16). The summed E-state index contributed by atoms with van der Waals surface area (Å²) in [5.74, 6) is 0.813. The van der Waals surface area contributed by atoms with Gasteiger partial charge in [0.05, 0.1) is 7.11 Å². The minimum absolute atomic E-state index is 0.0890. The van der Waals surface area contributed by atoms with E-state index in [4.69, 9.17) is 15.2 Å². The minimum Gasteiger partial charge on any atom is -0.497 e. The third kappa shape index (κ3) is 2.68. The predicted molar refractivity (Wildman–Crippen MR) is 65.9 cm³/mol. The summed E-state index contributed by atoms with van der Waals surface area (Å²) in [6.45, 7) is 0.0890. The van der Waals surface area contributed by atoms with Gasteiger partial charge in [-0.25, -0.2) is 9.37 Å². The highest BCUT2D eigenvalue weighted by molar-refractivity contribution is 5.44. The molecule has 94 valence electrons. The van der Waals surface area contributed by atoms with Crippen LogP contribution in [-0.4, -0.2) is 12.1 Å². The molecule has 2 rings (SSSR count). The van der Waals surface area contributed by atoms with Gasteiger partial charge in [-0.3, -0.25) is 0 Å². The Morgan fingerprint density at radius 2 is 2.17 bits per heavy atom. The SMILES string of the molecule is COc1ccc(COc2cccnc2N)c(F)c1. The van der Waals surface area contributed by atoms with Crippen LogP contribution >= 0.6 is 0 Å². The first kappa shape index (κ1) is 12.2. The normalized spacial score (nSPS) is 10.1. The zero-order chi connectivity index (χ0) is 13.0. The van der Waals surface area contributed by atoms with Crippen LogP contribution in [0.15, 0.2) is 36.5 Å². The van der Waals surface area contributed by atoms with Crippen LogP contribution < -0.4 is 15.2 Å². The zero-order valence-corrected chi connectivity index (χ0v) is 9.89. The first-order valence-electron chi connectivity index (χ1n) is 5.36. The van der Waals surface area contributed by atoms with Crippen molar-refractivity contribution in [3.8, 4) is 11.5 Å². The Balaban J connectivity index is 2.09. The molecule has 2 aromatic rings. The second kappa shape index (κ2) is 5.35. The van der Waals surface area contributed by atoms with Gasteiger partial charge in [-0.2, -0.15) is 0 Å². The van der Waals surface area contributed by atoms with Crippen LogP contribution in [0.25, 0.3) is 0 Å². The number of hydrogen-bond donors (Lipinski definition) is 1. The fourth-order valence-electron chi connectivity index (χ4n) is 1.45. The zero-order valence-electron chi connectivity index (χ0n) is 9.89. The molecule has 2 N–H and O–H groups in total. The average Bonchev–Trinajstić information content (AvgIpc) is 2.39. The van der Waals surface area contributed by atoms with E-state index in [1.165, 1.54) is 13.2 Å². The minimum atomic E-state index is -0.378. The van der Waals surface area contributed by atoms with Crippen LogP contribution in [0.2, 0.25) is 0 Å². The second-order valence-corrected chi connectivity index (χ2v) is 3.63. The highest BCUT2D eigenvalue weighted by Gasteiger charge is 2.06. The fourth-order valence-corrected chi connectivity index (χ4v) is 1.45. The van der Waals surface area contributed by atoms with E-state index in [0.717, 1.165) is 0 Å². The number of rotatable bonds is 4. The van der Waals surface area contributed by atoms with E-state index in [-0.39, 0.29) is 18.2 Å². The number of halogens is 1.